The lowest BCUT2D eigenvalue weighted by Gasteiger charge is -2.06. The summed E-state index contributed by atoms with van der Waals surface area (Å²) in [7, 11) is 0. The van der Waals surface area contributed by atoms with Crippen LogP contribution in [0.3, 0.4) is 0 Å². The van der Waals surface area contributed by atoms with Gasteiger partial charge in [-0.3, -0.25) is 4.79 Å². The van der Waals surface area contributed by atoms with Crippen LogP contribution in [-0.4, -0.2) is 11.0 Å². The van der Waals surface area contributed by atoms with Gasteiger partial charge in [0.25, 0.3) is 0 Å². The molecule has 1 amide bonds. The first-order valence-corrected chi connectivity index (χ1v) is 5.92. The summed E-state index contributed by atoms with van der Waals surface area (Å²) in [6.45, 7) is 0.300. The van der Waals surface area contributed by atoms with Gasteiger partial charge in [-0.05, 0) is 35.4 Å². The molecule has 2 aromatic carbocycles. The Labute approximate surface area is 110 Å². The number of hydrogen-bond acceptors (Lipinski definition) is 2. The van der Waals surface area contributed by atoms with Gasteiger partial charge in [0.15, 0.2) is 0 Å². The van der Waals surface area contributed by atoms with Crippen molar-refractivity contribution in [2.75, 3.05) is 0 Å². The maximum Gasteiger partial charge on any atom is 0.224 e. The highest BCUT2D eigenvalue weighted by molar-refractivity contribution is 5.78. The summed E-state index contributed by atoms with van der Waals surface area (Å²) in [5, 5.41) is 11.9. The van der Waals surface area contributed by atoms with E-state index in [-0.39, 0.29) is 23.9 Å². The van der Waals surface area contributed by atoms with Crippen LogP contribution in [0.4, 0.5) is 4.39 Å². The molecule has 0 unspecified atom stereocenters. The van der Waals surface area contributed by atoms with Crippen LogP contribution in [0.2, 0.25) is 0 Å². The number of nitrogens with one attached hydrogen (secondary N) is 1. The molecular formula is C15H14FNO2. The molecule has 0 saturated heterocycles. The summed E-state index contributed by atoms with van der Waals surface area (Å²) >= 11 is 0. The van der Waals surface area contributed by atoms with Gasteiger partial charge in [-0.15, -0.1) is 0 Å². The van der Waals surface area contributed by atoms with Gasteiger partial charge in [-0.1, -0.05) is 24.3 Å². The fourth-order valence-electron chi connectivity index (χ4n) is 1.71. The minimum atomic E-state index is -0.315. The van der Waals surface area contributed by atoms with Crippen molar-refractivity contribution in [2.45, 2.75) is 13.0 Å². The smallest absolute Gasteiger partial charge is 0.224 e. The average molecular weight is 259 g/mol. The largest absolute Gasteiger partial charge is 0.508 e. The van der Waals surface area contributed by atoms with Crippen molar-refractivity contribution in [1.82, 2.24) is 5.32 Å². The quantitative estimate of drug-likeness (QED) is 0.885. The van der Waals surface area contributed by atoms with E-state index in [2.05, 4.69) is 5.32 Å². The maximum atomic E-state index is 12.9. The van der Waals surface area contributed by atoms with Gasteiger partial charge in [0.05, 0.1) is 6.42 Å². The van der Waals surface area contributed by atoms with Crippen LogP contribution < -0.4 is 5.32 Å². The van der Waals surface area contributed by atoms with Gasteiger partial charge in [0.1, 0.15) is 11.6 Å². The van der Waals surface area contributed by atoms with E-state index in [0.29, 0.717) is 6.54 Å². The number of hydrogen-bond donors (Lipinski definition) is 2. The molecule has 98 valence electrons. The number of halogens is 1. The Bertz CT molecular complexity index is 567. The van der Waals surface area contributed by atoms with Crippen molar-refractivity contribution < 1.29 is 14.3 Å². The standard InChI is InChI=1S/C15H14FNO2/c16-13-3-1-2-12(8-13)10-17-15(19)9-11-4-6-14(18)7-5-11/h1-8,18H,9-10H2,(H,17,19). The van der Waals surface area contributed by atoms with Crippen LogP contribution in [0.15, 0.2) is 48.5 Å². The summed E-state index contributed by atoms with van der Waals surface area (Å²) in [5.41, 5.74) is 1.54. The molecule has 0 saturated carbocycles. The van der Waals surface area contributed by atoms with Crippen molar-refractivity contribution in [2.24, 2.45) is 0 Å². The second-order valence-corrected chi connectivity index (χ2v) is 4.25. The lowest BCUT2D eigenvalue weighted by Crippen LogP contribution is -2.24. The second-order valence-electron chi connectivity index (χ2n) is 4.25. The first-order chi connectivity index (χ1) is 9.13. The summed E-state index contributed by atoms with van der Waals surface area (Å²) < 4.78 is 12.9. The molecule has 2 N–H and O–H groups in total. The average Bonchev–Trinajstić information content (AvgIpc) is 2.39. The topological polar surface area (TPSA) is 49.3 Å². The molecule has 0 bridgehead atoms. The van der Waals surface area contributed by atoms with E-state index >= 15 is 0 Å². The van der Waals surface area contributed by atoms with Gasteiger partial charge in [-0.2, -0.15) is 0 Å². The van der Waals surface area contributed by atoms with E-state index in [4.69, 9.17) is 5.11 Å². The molecule has 0 spiro atoms. The van der Waals surface area contributed by atoms with Gasteiger partial charge in [0.2, 0.25) is 5.91 Å². The highest BCUT2D eigenvalue weighted by Gasteiger charge is 2.03. The summed E-state index contributed by atoms with van der Waals surface area (Å²) in [6.07, 6.45) is 0.232. The third-order valence-corrected chi connectivity index (χ3v) is 2.68. The summed E-state index contributed by atoms with van der Waals surface area (Å²) in [4.78, 5) is 11.7. The van der Waals surface area contributed by atoms with Crippen LogP contribution in [0.25, 0.3) is 0 Å². The Balaban J connectivity index is 1.86. The minimum absolute atomic E-state index is 0.144. The molecule has 0 aliphatic carbocycles. The SMILES string of the molecule is O=C(Cc1ccc(O)cc1)NCc1cccc(F)c1. The van der Waals surface area contributed by atoms with Gasteiger partial charge in [-0.25, -0.2) is 4.39 Å². The van der Waals surface area contributed by atoms with Crippen molar-refractivity contribution in [3.8, 4) is 5.75 Å². The molecule has 0 aliphatic heterocycles. The van der Waals surface area contributed by atoms with E-state index in [1.807, 2.05) is 0 Å². The minimum Gasteiger partial charge on any atom is -0.508 e. The predicted octanol–water partition coefficient (Wildman–Crippen LogP) is 2.39. The van der Waals surface area contributed by atoms with Crippen LogP contribution in [0.5, 0.6) is 5.75 Å². The molecule has 0 aliphatic rings. The van der Waals surface area contributed by atoms with Crippen LogP contribution >= 0.6 is 0 Å². The van der Waals surface area contributed by atoms with Crippen LogP contribution in [0, 0.1) is 5.82 Å². The first kappa shape index (κ1) is 13.1. The lowest BCUT2D eigenvalue weighted by atomic mass is 10.1. The van der Waals surface area contributed by atoms with Crippen molar-refractivity contribution in [3.63, 3.8) is 0 Å². The van der Waals surface area contributed by atoms with Crippen molar-refractivity contribution >= 4 is 5.91 Å². The molecule has 0 aromatic heterocycles. The molecule has 19 heavy (non-hydrogen) atoms. The molecule has 4 heteroatoms. The number of amides is 1. The van der Waals surface area contributed by atoms with E-state index in [1.165, 1.54) is 24.3 Å². The molecule has 3 nitrogen and oxygen atoms in total. The summed E-state index contributed by atoms with van der Waals surface area (Å²) in [6, 6.07) is 12.6. The zero-order valence-corrected chi connectivity index (χ0v) is 10.3. The number of carbonyl (C=O) groups is 1. The van der Waals surface area contributed by atoms with E-state index in [9.17, 15) is 9.18 Å². The maximum absolute atomic E-state index is 12.9. The summed E-state index contributed by atoms with van der Waals surface area (Å²) in [5.74, 6) is -0.288. The Hall–Kier alpha value is -2.36. The second kappa shape index (κ2) is 6.00. The molecule has 0 atom stereocenters. The Morgan fingerprint density at radius 1 is 1.11 bits per heavy atom. The molecule has 2 aromatic rings. The fraction of sp³-hybridized carbons (Fsp3) is 0.133. The Morgan fingerprint density at radius 3 is 2.53 bits per heavy atom. The number of carbonyl (C=O) groups excluding carboxylic acids is 1. The number of aromatic hydroxyl groups is 1. The van der Waals surface area contributed by atoms with Gasteiger partial charge >= 0.3 is 0 Å². The van der Waals surface area contributed by atoms with Crippen molar-refractivity contribution in [3.05, 3.63) is 65.5 Å². The zero-order chi connectivity index (χ0) is 13.7. The molecular weight excluding hydrogens is 245 g/mol. The van der Waals surface area contributed by atoms with E-state index in [0.717, 1.165) is 11.1 Å². The highest BCUT2D eigenvalue weighted by atomic mass is 19.1. The first-order valence-electron chi connectivity index (χ1n) is 5.92. The van der Waals surface area contributed by atoms with Gasteiger partial charge in [0, 0.05) is 6.54 Å². The number of benzene rings is 2. The van der Waals surface area contributed by atoms with E-state index < -0.39 is 0 Å². The third kappa shape index (κ3) is 4.10. The number of rotatable bonds is 4. The predicted molar refractivity (Wildman–Crippen MR) is 70.1 cm³/mol. The number of phenolic OH excluding ortho intramolecular Hbond substituents is 1. The normalized spacial score (nSPS) is 10.2. The van der Waals surface area contributed by atoms with Crippen LogP contribution in [0.1, 0.15) is 11.1 Å². The van der Waals surface area contributed by atoms with Gasteiger partial charge < -0.3 is 10.4 Å². The zero-order valence-electron chi connectivity index (χ0n) is 10.3. The Kier molecular flexibility index (Phi) is 4.13. The monoisotopic (exact) mass is 259 g/mol. The molecule has 0 fully saturated rings. The van der Waals surface area contributed by atoms with E-state index in [1.54, 1.807) is 24.3 Å². The highest BCUT2D eigenvalue weighted by Crippen LogP contribution is 2.10. The molecule has 0 heterocycles. The molecule has 2 rings (SSSR count). The lowest BCUT2D eigenvalue weighted by molar-refractivity contribution is -0.120. The number of phenols is 1. The Morgan fingerprint density at radius 2 is 1.84 bits per heavy atom. The fourth-order valence-corrected chi connectivity index (χ4v) is 1.71. The third-order valence-electron chi connectivity index (χ3n) is 2.68. The molecule has 0 radical (unpaired) electrons. The van der Waals surface area contributed by atoms with Crippen LogP contribution in [-0.2, 0) is 17.8 Å². The van der Waals surface area contributed by atoms with Crippen molar-refractivity contribution in [1.29, 1.82) is 0 Å².